The fourth-order valence-corrected chi connectivity index (χ4v) is 2.31. The SMILES string of the molecule is Cc1ccc(CC(=O)N2CCCC(C)C2)cn1. The third-order valence-corrected chi connectivity index (χ3v) is 3.34. The van der Waals surface area contributed by atoms with E-state index < -0.39 is 0 Å². The van der Waals surface area contributed by atoms with Crippen LogP contribution in [0.1, 0.15) is 31.0 Å². The van der Waals surface area contributed by atoms with Crippen LogP contribution in [-0.4, -0.2) is 28.9 Å². The molecule has 1 aliphatic heterocycles. The number of pyridine rings is 1. The highest BCUT2D eigenvalue weighted by molar-refractivity contribution is 5.78. The molecule has 2 rings (SSSR count). The van der Waals surface area contributed by atoms with Gasteiger partial charge in [0.05, 0.1) is 6.42 Å². The van der Waals surface area contributed by atoms with Gasteiger partial charge in [0.1, 0.15) is 0 Å². The number of hydrogen-bond donors (Lipinski definition) is 0. The third kappa shape index (κ3) is 3.29. The summed E-state index contributed by atoms with van der Waals surface area (Å²) in [6, 6.07) is 3.95. The van der Waals surface area contributed by atoms with E-state index in [1.807, 2.05) is 24.0 Å². The minimum atomic E-state index is 0.238. The first-order valence-corrected chi connectivity index (χ1v) is 6.34. The summed E-state index contributed by atoms with van der Waals surface area (Å²) in [4.78, 5) is 18.3. The van der Waals surface area contributed by atoms with Gasteiger partial charge in [-0.3, -0.25) is 9.78 Å². The van der Waals surface area contributed by atoms with Crippen LogP contribution in [0.3, 0.4) is 0 Å². The summed E-state index contributed by atoms with van der Waals surface area (Å²) >= 11 is 0. The van der Waals surface area contributed by atoms with Crippen LogP contribution < -0.4 is 0 Å². The fraction of sp³-hybridized carbons (Fsp3) is 0.571. The van der Waals surface area contributed by atoms with Crippen molar-refractivity contribution in [2.24, 2.45) is 5.92 Å². The topological polar surface area (TPSA) is 33.2 Å². The van der Waals surface area contributed by atoms with Gasteiger partial charge in [0.2, 0.25) is 5.91 Å². The molecule has 0 aromatic carbocycles. The lowest BCUT2D eigenvalue weighted by Crippen LogP contribution is -2.39. The van der Waals surface area contributed by atoms with Crippen LogP contribution >= 0.6 is 0 Å². The smallest absolute Gasteiger partial charge is 0.227 e. The van der Waals surface area contributed by atoms with Gasteiger partial charge < -0.3 is 4.90 Å². The largest absolute Gasteiger partial charge is 0.342 e. The zero-order valence-corrected chi connectivity index (χ0v) is 10.6. The molecule has 0 spiro atoms. The van der Waals surface area contributed by atoms with Gasteiger partial charge in [0.25, 0.3) is 0 Å². The lowest BCUT2D eigenvalue weighted by atomic mass is 10.00. The molecule has 1 aliphatic rings. The molecular formula is C14H20N2O. The van der Waals surface area contributed by atoms with Crippen molar-refractivity contribution in [3.8, 4) is 0 Å². The Labute approximate surface area is 103 Å². The lowest BCUT2D eigenvalue weighted by molar-refractivity contribution is -0.132. The fourth-order valence-electron chi connectivity index (χ4n) is 2.31. The Morgan fingerprint density at radius 1 is 1.53 bits per heavy atom. The normalized spacial score (nSPS) is 20.4. The number of nitrogens with zero attached hydrogens (tertiary/aromatic N) is 2. The van der Waals surface area contributed by atoms with E-state index in [0.717, 1.165) is 30.8 Å². The van der Waals surface area contributed by atoms with Crippen LogP contribution in [0.5, 0.6) is 0 Å². The number of aryl methyl sites for hydroxylation is 1. The molecule has 1 atom stereocenters. The Hall–Kier alpha value is -1.38. The minimum absolute atomic E-state index is 0.238. The highest BCUT2D eigenvalue weighted by atomic mass is 16.2. The van der Waals surface area contributed by atoms with E-state index in [-0.39, 0.29) is 5.91 Å². The number of aromatic nitrogens is 1. The quantitative estimate of drug-likeness (QED) is 0.783. The number of piperidine rings is 1. The van der Waals surface area contributed by atoms with Gasteiger partial charge in [-0.15, -0.1) is 0 Å². The Balaban J connectivity index is 1.94. The van der Waals surface area contributed by atoms with E-state index in [0.29, 0.717) is 12.3 Å². The predicted molar refractivity (Wildman–Crippen MR) is 67.7 cm³/mol. The second-order valence-corrected chi connectivity index (χ2v) is 5.07. The summed E-state index contributed by atoms with van der Waals surface area (Å²) in [5, 5.41) is 0. The van der Waals surface area contributed by atoms with Crippen molar-refractivity contribution in [1.82, 2.24) is 9.88 Å². The Morgan fingerprint density at radius 3 is 3.00 bits per heavy atom. The van der Waals surface area contributed by atoms with Crippen molar-refractivity contribution in [2.45, 2.75) is 33.1 Å². The van der Waals surface area contributed by atoms with Gasteiger partial charge in [-0.2, -0.15) is 0 Å². The summed E-state index contributed by atoms with van der Waals surface area (Å²) in [5.74, 6) is 0.881. The molecule has 17 heavy (non-hydrogen) atoms. The second kappa shape index (κ2) is 5.30. The van der Waals surface area contributed by atoms with Gasteiger partial charge >= 0.3 is 0 Å². The van der Waals surface area contributed by atoms with Crippen LogP contribution in [0.4, 0.5) is 0 Å². The number of rotatable bonds is 2. The number of hydrogen-bond acceptors (Lipinski definition) is 2. The molecule has 0 bridgehead atoms. The van der Waals surface area contributed by atoms with E-state index in [9.17, 15) is 4.79 Å². The van der Waals surface area contributed by atoms with Gasteiger partial charge in [0.15, 0.2) is 0 Å². The van der Waals surface area contributed by atoms with Crippen LogP contribution in [0, 0.1) is 12.8 Å². The molecule has 0 saturated carbocycles. The van der Waals surface area contributed by atoms with E-state index in [2.05, 4.69) is 11.9 Å². The first-order valence-electron chi connectivity index (χ1n) is 6.34. The molecule has 0 aliphatic carbocycles. The summed E-state index contributed by atoms with van der Waals surface area (Å²) in [7, 11) is 0. The summed E-state index contributed by atoms with van der Waals surface area (Å²) < 4.78 is 0. The zero-order valence-electron chi connectivity index (χ0n) is 10.6. The van der Waals surface area contributed by atoms with E-state index in [4.69, 9.17) is 0 Å². The van der Waals surface area contributed by atoms with Crippen LogP contribution in [0.2, 0.25) is 0 Å². The lowest BCUT2D eigenvalue weighted by Gasteiger charge is -2.31. The van der Waals surface area contributed by atoms with Gasteiger partial charge in [-0.25, -0.2) is 0 Å². The van der Waals surface area contributed by atoms with Crippen LogP contribution in [0.15, 0.2) is 18.3 Å². The first kappa shape index (κ1) is 12.1. The third-order valence-electron chi connectivity index (χ3n) is 3.34. The van der Waals surface area contributed by atoms with Gasteiger partial charge in [0, 0.05) is 25.0 Å². The maximum Gasteiger partial charge on any atom is 0.227 e. The molecular weight excluding hydrogens is 212 g/mol. The van der Waals surface area contributed by atoms with Crippen molar-refractivity contribution in [1.29, 1.82) is 0 Å². The standard InChI is InChI=1S/C14H20N2O/c1-11-4-3-7-16(10-11)14(17)8-13-6-5-12(2)15-9-13/h5-6,9,11H,3-4,7-8,10H2,1-2H3. The molecule has 1 aromatic heterocycles. The highest BCUT2D eigenvalue weighted by Gasteiger charge is 2.20. The molecule has 1 fully saturated rings. The summed E-state index contributed by atoms with van der Waals surface area (Å²) in [6.07, 6.45) is 4.68. The summed E-state index contributed by atoms with van der Waals surface area (Å²) in [6.45, 7) is 6.01. The van der Waals surface area contributed by atoms with Crippen molar-refractivity contribution < 1.29 is 4.79 Å². The molecule has 1 aromatic rings. The molecule has 3 nitrogen and oxygen atoms in total. The van der Waals surface area contributed by atoms with E-state index in [1.165, 1.54) is 6.42 Å². The molecule has 1 saturated heterocycles. The molecule has 0 N–H and O–H groups in total. The molecule has 92 valence electrons. The van der Waals surface area contributed by atoms with Crippen molar-refractivity contribution in [3.63, 3.8) is 0 Å². The average molecular weight is 232 g/mol. The van der Waals surface area contributed by atoms with E-state index >= 15 is 0 Å². The highest BCUT2D eigenvalue weighted by Crippen LogP contribution is 2.16. The van der Waals surface area contributed by atoms with Crippen LogP contribution in [-0.2, 0) is 11.2 Å². The second-order valence-electron chi connectivity index (χ2n) is 5.07. The van der Waals surface area contributed by atoms with Gasteiger partial charge in [-0.05, 0) is 37.3 Å². The Bertz CT molecular complexity index is 386. The van der Waals surface area contributed by atoms with Crippen molar-refractivity contribution in [2.75, 3.05) is 13.1 Å². The number of carbonyl (C=O) groups is 1. The number of likely N-dealkylation sites (tertiary alicyclic amines) is 1. The Morgan fingerprint density at radius 2 is 2.35 bits per heavy atom. The molecule has 0 radical (unpaired) electrons. The van der Waals surface area contributed by atoms with Crippen molar-refractivity contribution in [3.05, 3.63) is 29.6 Å². The minimum Gasteiger partial charge on any atom is -0.342 e. The monoisotopic (exact) mass is 232 g/mol. The average Bonchev–Trinajstić information content (AvgIpc) is 2.32. The number of carbonyl (C=O) groups excluding carboxylic acids is 1. The van der Waals surface area contributed by atoms with Gasteiger partial charge in [-0.1, -0.05) is 13.0 Å². The Kier molecular flexibility index (Phi) is 3.77. The zero-order chi connectivity index (χ0) is 12.3. The summed E-state index contributed by atoms with van der Waals surface area (Å²) in [5.41, 5.74) is 2.01. The number of amides is 1. The van der Waals surface area contributed by atoms with E-state index in [1.54, 1.807) is 6.20 Å². The van der Waals surface area contributed by atoms with Crippen LogP contribution in [0.25, 0.3) is 0 Å². The molecule has 1 unspecified atom stereocenters. The maximum atomic E-state index is 12.1. The predicted octanol–water partition coefficient (Wildman–Crippen LogP) is 2.19. The molecule has 3 heteroatoms. The first-order chi connectivity index (χ1) is 8.15. The molecule has 2 heterocycles. The molecule has 1 amide bonds. The maximum absolute atomic E-state index is 12.1. The van der Waals surface area contributed by atoms with Crippen molar-refractivity contribution >= 4 is 5.91 Å².